The lowest BCUT2D eigenvalue weighted by Crippen LogP contribution is -2.31. The Morgan fingerprint density at radius 3 is 2.45 bits per heavy atom. The Labute approximate surface area is 180 Å². The number of likely N-dealkylation sites (tertiary alicyclic amines) is 1. The number of amides is 1. The molecule has 1 amide bonds. The first kappa shape index (κ1) is 18.8. The van der Waals surface area contributed by atoms with Crippen LogP contribution in [-0.4, -0.2) is 27.3 Å². The monoisotopic (exact) mass is 404 g/mol. The number of H-pyrrole nitrogens is 1. The fraction of sp³-hybridized carbons (Fsp3) is 0.115. The average Bonchev–Trinajstić information content (AvgIpc) is 3.44. The van der Waals surface area contributed by atoms with Gasteiger partial charge in [0.25, 0.3) is 5.91 Å². The van der Waals surface area contributed by atoms with Gasteiger partial charge in [-0.25, -0.2) is 4.98 Å². The van der Waals surface area contributed by atoms with Crippen LogP contribution >= 0.6 is 0 Å². The molecule has 1 aliphatic rings. The van der Waals surface area contributed by atoms with Crippen molar-refractivity contribution in [3.05, 3.63) is 102 Å². The highest BCUT2D eigenvalue weighted by Gasteiger charge is 2.35. The smallest absolute Gasteiger partial charge is 0.254 e. The van der Waals surface area contributed by atoms with Gasteiger partial charge in [0.1, 0.15) is 5.82 Å². The quantitative estimate of drug-likeness (QED) is 0.473. The third-order valence-corrected chi connectivity index (χ3v) is 5.70. The number of carbonyl (C=O) groups excluding carboxylic acids is 1. The second-order valence-corrected chi connectivity index (χ2v) is 7.67. The van der Waals surface area contributed by atoms with Gasteiger partial charge in [-0.15, -0.1) is 0 Å². The maximum absolute atomic E-state index is 13.4. The Morgan fingerprint density at radius 1 is 1.00 bits per heavy atom. The van der Waals surface area contributed by atoms with Gasteiger partial charge in [-0.05, 0) is 47.4 Å². The lowest BCUT2D eigenvalue weighted by molar-refractivity contribution is 0.0733. The maximum Gasteiger partial charge on any atom is 0.254 e. The molecule has 1 aromatic heterocycles. The largest absolute Gasteiger partial charge is 0.340 e. The van der Waals surface area contributed by atoms with E-state index in [1.165, 1.54) is 0 Å². The van der Waals surface area contributed by atoms with E-state index in [1.807, 2.05) is 78.9 Å². The molecule has 31 heavy (non-hydrogen) atoms. The van der Waals surface area contributed by atoms with E-state index in [0.717, 1.165) is 33.6 Å². The number of para-hydroxylation sites is 2. The maximum atomic E-state index is 13.4. The number of fused-ring (bicyclic) bond motifs is 1. The summed E-state index contributed by atoms with van der Waals surface area (Å²) >= 11 is 0. The number of carbonyl (C=O) groups is 1. The summed E-state index contributed by atoms with van der Waals surface area (Å²) in [6, 6.07) is 27.5. The molecule has 150 valence electrons. The SMILES string of the molecule is N#CC=C1CC(c2nc3ccccc3[nH]2)N(C(=O)c2ccc(-c3ccccc3)cc2)C1. The lowest BCUT2D eigenvalue weighted by atomic mass is 10.0. The van der Waals surface area contributed by atoms with Crippen LogP contribution in [0.15, 0.2) is 90.5 Å². The molecule has 1 atom stereocenters. The van der Waals surface area contributed by atoms with Crippen LogP contribution in [0.1, 0.15) is 28.6 Å². The minimum atomic E-state index is -0.228. The molecule has 2 heterocycles. The molecule has 0 saturated carbocycles. The van der Waals surface area contributed by atoms with Crippen molar-refractivity contribution in [2.75, 3.05) is 6.54 Å². The van der Waals surface area contributed by atoms with E-state index in [2.05, 4.69) is 11.1 Å². The number of aromatic nitrogens is 2. The van der Waals surface area contributed by atoms with Gasteiger partial charge in [0.15, 0.2) is 0 Å². The van der Waals surface area contributed by atoms with Crippen molar-refractivity contribution in [3.63, 3.8) is 0 Å². The number of hydrogen-bond acceptors (Lipinski definition) is 3. The van der Waals surface area contributed by atoms with E-state index < -0.39 is 0 Å². The summed E-state index contributed by atoms with van der Waals surface area (Å²) in [5.41, 5.74) is 5.55. The third-order valence-electron chi connectivity index (χ3n) is 5.70. The molecular formula is C26H20N4O. The number of rotatable bonds is 3. The van der Waals surface area contributed by atoms with E-state index in [4.69, 9.17) is 10.2 Å². The van der Waals surface area contributed by atoms with Crippen molar-refractivity contribution in [2.24, 2.45) is 0 Å². The number of nitrogens with zero attached hydrogens (tertiary/aromatic N) is 3. The Hall–Kier alpha value is -4.17. The zero-order chi connectivity index (χ0) is 21.2. The van der Waals surface area contributed by atoms with E-state index in [-0.39, 0.29) is 11.9 Å². The number of nitrogens with one attached hydrogen (secondary N) is 1. The van der Waals surface area contributed by atoms with Crippen LogP contribution in [0.2, 0.25) is 0 Å². The minimum absolute atomic E-state index is 0.0635. The zero-order valence-electron chi connectivity index (χ0n) is 16.8. The van der Waals surface area contributed by atoms with E-state index in [1.54, 1.807) is 11.0 Å². The molecule has 1 fully saturated rings. The second kappa shape index (κ2) is 7.92. The summed E-state index contributed by atoms with van der Waals surface area (Å²) in [5, 5.41) is 9.13. The Bertz CT molecular complexity index is 1280. The van der Waals surface area contributed by atoms with Crippen LogP contribution in [-0.2, 0) is 0 Å². The van der Waals surface area contributed by atoms with Gasteiger partial charge < -0.3 is 9.88 Å². The highest BCUT2D eigenvalue weighted by Crippen LogP contribution is 2.36. The van der Waals surface area contributed by atoms with Gasteiger partial charge in [-0.3, -0.25) is 4.79 Å². The standard InChI is InChI=1S/C26H20N4O/c27-15-14-18-16-24(25-28-22-8-4-5-9-23(22)29-25)30(17-18)26(31)21-12-10-20(11-13-21)19-6-2-1-3-7-19/h1-14,24H,16-17H2,(H,28,29). The molecule has 5 heteroatoms. The summed E-state index contributed by atoms with van der Waals surface area (Å²) < 4.78 is 0. The lowest BCUT2D eigenvalue weighted by Gasteiger charge is -2.23. The molecule has 3 aromatic carbocycles. The normalized spacial score (nSPS) is 17.2. The predicted octanol–water partition coefficient (Wildman–Crippen LogP) is 5.27. The van der Waals surface area contributed by atoms with Crippen LogP contribution < -0.4 is 0 Å². The second-order valence-electron chi connectivity index (χ2n) is 7.67. The zero-order valence-corrected chi connectivity index (χ0v) is 16.8. The van der Waals surface area contributed by atoms with Gasteiger partial charge in [0.05, 0.1) is 23.1 Å². The molecule has 1 saturated heterocycles. The first-order valence-electron chi connectivity index (χ1n) is 10.2. The number of benzene rings is 3. The van der Waals surface area contributed by atoms with Crippen LogP contribution in [0, 0.1) is 11.3 Å². The number of allylic oxidation sites excluding steroid dienone is 1. The van der Waals surface area contributed by atoms with Crippen molar-refractivity contribution < 1.29 is 4.79 Å². The average molecular weight is 404 g/mol. The Balaban J connectivity index is 1.46. The van der Waals surface area contributed by atoms with Gasteiger partial charge in [-0.1, -0.05) is 54.6 Å². The van der Waals surface area contributed by atoms with E-state index >= 15 is 0 Å². The molecule has 1 aliphatic heterocycles. The Kier molecular flexibility index (Phi) is 4.81. The van der Waals surface area contributed by atoms with Crippen molar-refractivity contribution in [3.8, 4) is 17.2 Å². The summed E-state index contributed by atoms with van der Waals surface area (Å²) in [6.45, 7) is 0.425. The molecule has 1 unspecified atom stereocenters. The highest BCUT2D eigenvalue weighted by atomic mass is 16.2. The van der Waals surface area contributed by atoms with Gasteiger partial charge in [0.2, 0.25) is 0 Å². The van der Waals surface area contributed by atoms with E-state index in [0.29, 0.717) is 18.5 Å². The van der Waals surface area contributed by atoms with Crippen molar-refractivity contribution in [2.45, 2.75) is 12.5 Å². The van der Waals surface area contributed by atoms with E-state index in [9.17, 15) is 4.79 Å². The van der Waals surface area contributed by atoms with Gasteiger partial charge >= 0.3 is 0 Å². The molecule has 5 rings (SSSR count). The topological polar surface area (TPSA) is 72.8 Å². The molecule has 0 radical (unpaired) electrons. The first-order chi connectivity index (χ1) is 15.2. The molecule has 0 bridgehead atoms. The highest BCUT2D eigenvalue weighted by molar-refractivity contribution is 5.95. The Morgan fingerprint density at radius 2 is 1.71 bits per heavy atom. The molecule has 4 aromatic rings. The van der Waals surface area contributed by atoms with Crippen molar-refractivity contribution >= 4 is 16.9 Å². The first-order valence-corrected chi connectivity index (χ1v) is 10.2. The predicted molar refractivity (Wildman–Crippen MR) is 120 cm³/mol. The minimum Gasteiger partial charge on any atom is -0.340 e. The summed E-state index contributed by atoms with van der Waals surface area (Å²) in [5.74, 6) is 0.684. The van der Waals surface area contributed by atoms with Crippen LogP contribution in [0.4, 0.5) is 0 Å². The molecular weight excluding hydrogens is 384 g/mol. The fourth-order valence-electron chi connectivity index (χ4n) is 4.14. The molecule has 0 spiro atoms. The van der Waals surface area contributed by atoms with Gasteiger partial charge in [0, 0.05) is 18.2 Å². The van der Waals surface area contributed by atoms with Gasteiger partial charge in [-0.2, -0.15) is 5.26 Å². The van der Waals surface area contributed by atoms with Crippen LogP contribution in [0.25, 0.3) is 22.2 Å². The van der Waals surface area contributed by atoms with Crippen molar-refractivity contribution in [1.29, 1.82) is 5.26 Å². The van der Waals surface area contributed by atoms with Crippen LogP contribution in [0.5, 0.6) is 0 Å². The third kappa shape index (κ3) is 3.60. The number of imidazole rings is 1. The molecule has 1 N–H and O–H groups in total. The van der Waals surface area contributed by atoms with Crippen LogP contribution in [0.3, 0.4) is 0 Å². The molecule has 0 aliphatic carbocycles. The molecule has 5 nitrogen and oxygen atoms in total. The fourth-order valence-corrected chi connectivity index (χ4v) is 4.14. The summed E-state index contributed by atoms with van der Waals surface area (Å²) in [6.07, 6.45) is 2.14. The summed E-state index contributed by atoms with van der Waals surface area (Å²) in [4.78, 5) is 23.3. The summed E-state index contributed by atoms with van der Waals surface area (Å²) in [7, 11) is 0. The number of aromatic amines is 1. The van der Waals surface area contributed by atoms with Crippen molar-refractivity contribution in [1.82, 2.24) is 14.9 Å². The number of nitriles is 1. The number of hydrogen-bond donors (Lipinski definition) is 1.